The zero-order valence-electron chi connectivity index (χ0n) is 17.2. The van der Waals surface area contributed by atoms with E-state index in [0.717, 1.165) is 9.13 Å². The van der Waals surface area contributed by atoms with Crippen LogP contribution in [0.2, 0.25) is 0 Å². The van der Waals surface area contributed by atoms with Crippen molar-refractivity contribution in [2.24, 2.45) is 4.99 Å². The molecule has 5 nitrogen and oxygen atoms in total. The van der Waals surface area contributed by atoms with E-state index in [1.54, 1.807) is 24.3 Å². The summed E-state index contributed by atoms with van der Waals surface area (Å²) in [5.74, 6) is 0.213. The summed E-state index contributed by atoms with van der Waals surface area (Å²) in [6.07, 6.45) is 1.60. The molecule has 0 spiro atoms. The molecule has 0 saturated carbocycles. The van der Waals surface area contributed by atoms with E-state index in [9.17, 15) is 9.18 Å². The number of carbonyl (C=O) groups is 1. The van der Waals surface area contributed by atoms with Gasteiger partial charge in [-0.25, -0.2) is 14.2 Å². The Morgan fingerprint density at radius 2 is 1.88 bits per heavy atom. The highest BCUT2D eigenvalue weighted by molar-refractivity contribution is 14.1. The van der Waals surface area contributed by atoms with Gasteiger partial charge in [-0.3, -0.25) is 0 Å². The first-order valence-corrected chi connectivity index (χ1v) is 11.0. The van der Waals surface area contributed by atoms with Crippen LogP contribution in [0.25, 0.3) is 6.08 Å². The van der Waals surface area contributed by atoms with Crippen LogP contribution in [0.3, 0.4) is 0 Å². The minimum Gasteiger partial charge on any atom is -0.490 e. The highest BCUT2D eigenvalue weighted by Crippen LogP contribution is 2.31. The summed E-state index contributed by atoms with van der Waals surface area (Å²) in [5, 5.41) is 0. The molecule has 0 atom stereocenters. The molecule has 32 heavy (non-hydrogen) atoms. The van der Waals surface area contributed by atoms with Crippen LogP contribution in [0.4, 0.5) is 4.39 Å². The summed E-state index contributed by atoms with van der Waals surface area (Å²) in [5.41, 5.74) is 2.30. The molecule has 3 aromatic rings. The maximum Gasteiger partial charge on any atom is 0.363 e. The normalized spacial score (nSPS) is 14.3. The fraction of sp³-hybridized carbons (Fsp3) is 0.120. The largest absolute Gasteiger partial charge is 0.490 e. The zero-order chi connectivity index (χ0) is 22.5. The van der Waals surface area contributed by atoms with Crippen LogP contribution >= 0.6 is 22.6 Å². The van der Waals surface area contributed by atoms with Crippen LogP contribution in [-0.4, -0.2) is 18.5 Å². The van der Waals surface area contributed by atoms with Gasteiger partial charge >= 0.3 is 5.97 Å². The Bertz CT molecular complexity index is 1220. The van der Waals surface area contributed by atoms with Crippen LogP contribution in [-0.2, 0) is 16.1 Å². The Balaban J connectivity index is 1.57. The molecule has 4 rings (SSSR count). The fourth-order valence-electron chi connectivity index (χ4n) is 3.08. The summed E-state index contributed by atoms with van der Waals surface area (Å²) >= 11 is 2.27. The van der Waals surface area contributed by atoms with Crippen molar-refractivity contribution in [3.05, 3.63) is 98.5 Å². The standard InChI is InChI=1S/C25H19FINO4/c1-2-30-23-13-16(10-11-22(23)31-15-18-6-3-4-9-20(18)27)12-21-25(29)32-24(28-21)17-7-5-8-19(26)14-17/h3-14H,2,15H2,1H3/b21-12-. The molecule has 1 aliphatic heterocycles. The van der Waals surface area contributed by atoms with Crippen molar-refractivity contribution in [3.63, 3.8) is 0 Å². The van der Waals surface area contributed by atoms with E-state index in [-0.39, 0.29) is 11.6 Å². The number of hydrogen-bond donors (Lipinski definition) is 0. The van der Waals surface area contributed by atoms with Gasteiger partial charge in [0.25, 0.3) is 0 Å². The third-order valence-corrected chi connectivity index (χ3v) is 5.66. The molecule has 0 aromatic heterocycles. The molecule has 7 heteroatoms. The van der Waals surface area contributed by atoms with Gasteiger partial charge in [-0.15, -0.1) is 0 Å². The average molecular weight is 543 g/mol. The maximum atomic E-state index is 13.5. The van der Waals surface area contributed by atoms with E-state index in [4.69, 9.17) is 14.2 Å². The molecule has 0 fully saturated rings. The average Bonchev–Trinajstić information content (AvgIpc) is 3.15. The summed E-state index contributed by atoms with van der Waals surface area (Å²) < 4.78 is 31.5. The number of cyclic esters (lactones) is 1. The third-order valence-electron chi connectivity index (χ3n) is 4.60. The Morgan fingerprint density at radius 1 is 1.03 bits per heavy atom. The lowest BCUT2D eigenvalue weighted by Crippen LogP contribution is -2.05. The third kappa shape index (κ3) is 5.16. The minimum atomic E-state index is -0.596. The monoisotopic (exact) mass is 543 g/mol. The minimum absolute atomic E-state index is 0.0724. The maximum absolute atomic E-state index is 13.5. The van der Waals surface area contributed by atoms with Gasteiger partial charge in [0.15, 0.2) is 17.2 Å². The summed E-state index contributed by atoms with van der Waals surface area (Å²) in [6.45, 7) is 2.76. The molecule has 0 unspecified atom stereocenters. The van der Waals surface area contributed by atoms with Crippen LogP contribution in [0.5, 0.6) is 11.5 Å². The number of carbonyl (C=O) groups excluding carboxylic acids is 1. The SMILES string of the molecule is CCOc1cc(/C=C2\N=C(c3cccc(F)c3)OC2=O)ccc1OCc1ccccc1I. The number of halogens is 2. The van der Waals surface area contributed by atoms with E-state index >= 15 is 0 Å². The van der Waals surface area contributed by atoms with Gasteiger partial charge in [-0.05, 0) is 77.6 Å². The van der Waals surface area contributed by atoms with Crippen molar-refractivity contribution in [1.82, 2.24) is 0 Å². The predicted octanol–water partition coefficient (Wildman–Crippen LogP) is 5.75. The molecule has 0 aliphatic carbocycles. The van der Waals surface area contributed by atoms with Gasteiger partial charge in [0.1, 0.15) is 12.4 Å². The number of rotatable bonds is 7. The van der Waals surface area contributed by atoms with Gasteiger partial charge in [-0.2, -0.15) is 0 Å². The lowest BCUT2D eigenvalue weighted by atomic mass is 10.1. The van der Waals surface area contributed by atoms with Crippen molar-refractivity contribution in [2.75, 3.05) is 6.61 Å². The first-order valence-electron chi connectivity index (χ1n) is 9.95. The molecule has 0 saturated heterocycles. The van der Waals surface area contributed by atoms with Crippen molar-refractivity contribution < 1.29 is 23.4 Å². The Labute approximate surface area is 198 Å². The van der Waals surface area contributed by atoms with Gasteiger partial charge in [0.2, 0.25) is 5.90 Å². The first-order chi connectivity index (χ1) is 15.5. The highest BCUT2D eigenvalue weighted by atomic mass is 127. The van der Waals surface area contributed by atoms with Gasteiger partial charge in [0.05, 0.1) is 6.61 Å². The predicted molar refractivity (Wildman–Crippen MR) is 128 cm³/mol. The molecule has 1 heterocycles. The second-order valence-electron chi connectivity index (χ2n) is 6.87. The highest BCUT2D eigenvalue weighted by Gasteiger charge is 2.24. The molecule has 0 amide bonds. The summed E-state index contributed by atoms with van der Waals surface area (Å²) in [7, 11) is 0. The van der Waals surface area contributed by atoms with Crippen molar-refractivity contribution in [1.29, 1.82) is 0 Å². The van der Waals surface area contributed by atoms with Gasteiger partial charge in [-0.1, -0.05) is 30.3 Å². The quantitative estimate of drug-likeness (QED) is 0.216. The number of hydrogen-bond acceptors (Lipinski definition) is 5. The Hall–Kier alpha value is -3.20. The molecule has 0 bridgehead atoms. The van der Waals surface area contributed by atoms with E-state index in [2.05, 4.69) is 27.6 Å². The van der Waals surface area contributed by atoms with Crippen LogP contribution in [0.1, 0.15) is 23.6 Å². The van der Waals surface area contributed by atoms with Crippen molar-refractivity contribution in [2.45, 2.75) is 13.5 Å². The molecule has 1 aliphatic rings. The van der Waals surface area contributed by atoms with Crippen molar-refractivity contribution >= 4 is 40.5 Å². The number of esters is 1. The molecular formula is C25H19FINO4. The Kier molecular flexibility index (Phi) is 6.84. The molecule has 0 radical (unpaired) electrons. The van der Waals surface area contributed by atoms with Crippen molar-refractivity contribution in [3.8, 4) is 11.5 Å². The lowest BCUT2D eigenvalue weighted by Gasteiger charge is -2.13. The summed E-state index contributed by atoms with van der Waals surface area (Å²) in [6, 6.07) is 19.1. The van der Waals surface area contributed by atoms with Crippen LogP contribution in [0, 0.1) is 9.39 Å². The second-order valence-corrected chi connectivity index (χ2v) is 8.03. The van der Waals surface area contributed by atoms with E-state index < -0.39 is 11.8 Å². The van der Waals surface area contributed by atoms with E-state index in [1.165, 1.54) is 18.2 Å². The van der Waals surface area contributed by atoms with Crippen LogP contribution < -0.4 is 9.47 Å². The van der Waals surface area contributed by atoms with E-state index in [0.29, 0.717) is 35.8 Å². The lowest BCUT2D eigenvalue weighted by molar-refractivity contribution is -0.129. The summed E-state index contributed by atoms with van der Waals surface area (Å²) in [4.78, 5) is 16.5. The second kappa shape index (κ2) is 9.95. The molecule has 162 valence electrons. The van der Waals surface area contributed by atoms with Crippen LogP contribution in [0.15, 0.2) is 77.4 Å². The molecular weight excluding hydrogens is 524 g/mol. The number of ether oxygens (including phenoxy) is 3. The van der Waals surface area contributed by atoms with Gasteiger partial charge in [0, 0.05) is 14.7 Å². The fourth-order valence-corrected chi connectivity index (χ4v) is 3.63. The molecule has 3 aromatic carbocycles. The number of aliphatic imine (C=N–C) groups is 1. The van der Waals surface area contributed by atoms with Gasteiger partial charge < -0.3 is 14.2 Å². The smallest absolute Gasteiger partial charge is 0.363 e. The van der Waals surface area contributed by atoms with E-state index in [1.807, 2.05) is 37.3 Å². The first kappa shape index (κ1) is 22.0. The molecule has 0 N–H and O–H groups in total. The number of benzene rings is 3. The Morgan fingerprint density at radius 3 is 2.66 bits per heavy atom. The topological polar surface area (TPSA) is 57.1 Å². The number of nitrogens with zero attached hydrogens (tertiary/aromatic N) is 1. The zero-order valence-corrected chi connectivity index (χ0v) is 19.3.